The van der Waals surface area contributed by atoms with Gasteiger partial charge in [-0.2, -0.15) is 4.68 Å². The Morgan fingerprint density at radius 3 is 2.55 bits per heavy atom. The van der Waals surface area contributed by atoms with Crippen LogP contribution in [-0.2, 0) is 9.47 Å². The van der Waals surface area contributed by atoms with Crippen molar-refractivity contribution in [2.45, 2.75) is 45.3 Å². The summed E-state index contributed by atoms with van der Waals surface area (Å²) in [6, 6.07) is 9.86. The first kappa shape index (κ1) is 28.6. The number of carbonyl (C=O) groups is 3. The minimum absolute atomic E-state index is 0.000311. The fraction of sp³-hybridized carbons (Fsp3) is 0.345. The molecule has 1 fully saturated rings. The van der Waals surface area contributed by atoms with Crippen LogP contribution in [0, 0.1) is 5.82 Å². The number of carbonyl (C=O) groups excluding carboxylic acids is 3. The summed E-state index contributed by atoms with van der Waals surface area (Å²) in [5.41, 5.74) is 0.333. The number of hydrogen-bond donors (Lipinski definition) is 0. The van der Waals surface area contributed by atoms with Crippen molar-refractivity contribution in [1.82, 2.24) is 29.9 Å². The van der Waals surface area contributed by atoms with Gasteiger partial charge in [0.2, 0.25) is 0 Å². The fourth-order valence-corrected chi connectivity index (χ4v) is 4.83. The number of piperidine rings is 1. The van der Waals surface area contributed by atoms with Crippen LogP contribution in [0.25, 0.3) is 16.9 Å². The van der Waals surface area contributed by atoms with Crippen molar-refractivity contribution >= 4 is 35.0 Å². The second kappa shape index (κ2) is 11.5. The number of rotatable bonds is 5. The number of esters is 1. The quantitative estimate of drug-likeness (QED) is 0.321. The number of anilines is 1. The van der Waals surface area contributed by atoms with Crippen LogP contribution in [-0.4, -0.2) is 79.7 Å². The molecule has 218 valence electrons. The zero-order valence-electron chi connectivity index (χ0n) is 23.7. The molecule has 42 heavy (non-hydrogen) atoms. The summed E-state index contributed by atoms with van der Waals surface area (Å²) in [6.45, 7) is 5.81. The van der Waals surface area contributed by atoms with Crippen molar-refractivity contribution in [3.05, 3.63) is 71.8 Å². The Hall–Kier alpha value is -4.94. The van der Waals surface area contributed by atoms with Crippen molar-refractivity contribution in [2.24, 2.45) is 0 Å². The molecule has 0 radical (unpaired) electrons. The Bertz CT molecular complexity index is 1650. The Morgan fingerprint density at radius 1 is 1.05 bits per heavy atom. The number of aromatic nitrogens is 5. The Balaban J connectivity index is 1.54. The second-order valence-electron chi connectivity index (χ2n) is 10.8. The van der Waals surface area contributed by atoms with Gasteiger partial charge in [0.15, 0.2) is 5.65 Å². The maximum absolute atomic E-state index is 15.7. The third kappa shape index (κ3) is 5.76. The molecule has 0 aliphatic carbocycles. The average Bonchev–Trinajstić information content (AvgIpc) is 3.40. The lowest BCUT2D eigenvalue weighted by Gasteiger charge is -2.39. The molecule has 0 saturated carbocycles. The van der Waals surface area contributed by atoms with Crippen molar-refractivity contribution < 1.29 is 28.2 Å². The first-order chi connectivity index (χ1) is 20.1. The van der Waals surface area contributed by atoms with E-state index in [-0.39, 0.29) is 23.5 Å². The minimum atomic E-state index is -0.822. The summed E-state index contributed by atoms with van der Waals surface area (Å²) in [6.07, 6.45) is 3.49. The number of nitrogens with zero attached hydrogens (tertiary/aromatic N) is 7. The van der Waals surface area contributed by atoms with Gasteiger partial charge in [0, 0.05) is 31.5 Å². The number of pyridine rings is 2. The SMILES string of the molecule is COC(=O)c1cccnc1N(C(=O)c1ccc(-n2nnc3cccnc32)cc1F)[C@@H]1CCCN(C(=O)OC(C)(C)C)C1. The Kier molecular flexibility index (Phi) is 7.83. The standard InChI is InChI=1S/C29H30FN7O5/c1-29(2,3)42-28(40)35-15-7-8-19(17-35)36(24-21(27(39)41-4)9-5-13-31-24)26(38)20-12-11-18(16-22(20)30)37-25-23(33-34-37)10-6-14-32-25/h5-6,9-14,16,19H,7-8,15,17H2,1-4H3/t19-/m1/s1. The molecule has 1 aromatic carbocycles. The normalized spacial score (nSPS) is 15.4. The molecule has 0 bridgehead atoms. The Morgan fingerprint density at radius 2 is 1.81 bits per heavy atom. The summed E-state index contributed by atoms with van der Waals surface area (Å²) in [5.74, 6) is -2.27. The molecular formula is C29H30FN7O5. The molecule has 0 spiro atoms. The second-order valence-corrected chi connectivity index (χ2v) is 10.8. The van der Waals surface area contributed by atoms with Crippen LogP contribution in [0.3, 0.4) is 0 Å². The van der Waals surface area contributed by atoms with E-state index in [0.29, 0.717) is 36.2 Å². The van der Waals surface area contributed by atoms with E-state index in [1.807, 2.05) is 0 Å². The summed E-state index contributed by atoms with van der Waals surface area (Å²) < 4.78 is 27.6. The number of methoxy groups -OCH3 is 1. The van der Waals surface area contributed by atoms with Gasteiger partial charge < -0.3 is 14.4 Å². The van der Waals surface area contributed by atoms with E-state index in [2.05, 4.69) is 20.3 Å². The highest BCUT2D eigenvalue weighted by Crippen LogP contribution is 2.29. The van der Waals surface area contributed by atoms with Gasteiger partial charge in [-0.15, -0.1) is 5.10 Å². The first-order valence-electron chi connectivity index (χ1n) is 13.4. The third-order valence-corrected chi connectivity index (χ3v) is 6.69. The van der Waals surface area contributed by atoms with E-state index >= 15 is 4.39 Å². The van der Waals surface area contributed by atoms with Gasteiger partial charge in [0.25, 0.3) is 5.91 Å². The van der Waals surface area contributed by atoms with Crippen LogP contribution in [0.5, 0.6) is 0 Å². The first-order valence-corrected chi connectivity index (χ1v) is 13.4. The van der Waals surface area contributed by atoms with Crippen LogP contribution in [0.2, 0.25) is 0 Å². The van der Waals surface area contributed by atoms with Crippen LogP contribution < -0.4 is 4.90 Å². The van der Waals surface area contributed by atoms with Gasteiger partial charge in [-0.05, 0) is 70.0 Å². The molecular weight excluding hydrogens is 545 g/mol. The molecule has 0 unspecified atom stereocenters. The number of halogens is 1. The molecule has 5 rings (SSSR count). The molecule has 1 aliphatic heterocycles. The number of fused-ring (bicyclic) bond motifs is 1. The maximum atomic E-state index is 15.7. The predicted molar refractivity (Wildman–Crippen MR) is 150 cm³/mol. The number of amides is 2. The molecule has 1 aliphatic rings. The summed E-state index contributed by atoms with van der Waals surface area (Å²) >= 11 is 0. The van der Waals surface area contributed by atoms with Crippen LogP contribution in [0.15, 0.2) is 54.9 Å². The maximum Gasteiger partial charge on any atom is 0.410 e. The smallest absolute Gasteiger partial charge is 0.410 e. The molecule has 13 heteroatoms. The molecule has 2 amide bonds. The van der Waals surface area contributed by atoms with Gasteiger partial charge in [0.05, 0.1) is 24.4 Å². The van der Waals surface area contributed by atoms with Crippen molar-refractivity contribution in [1.29, 1.82) is 0 Å². The summed E-state index contributed by atoms with van der Waals surface area (Å²) in [5, 5.41) is 8.11. The zero-order valence-corrected chi connectivity index (χ0v) is 23.7. The number of hydrogen-bond acceptors (Lipinski definition) is 9. The topological polar surface area (TPSA) is 133 Å². The lowest BCUT2D eigenvalue weighted by molar-refractivity contribution is 0.0195. The van der Waals surface area contributed by atoms with Crippen LogP contribution in [0.1, 0.15) is 54.3 Å². The van der Waals surface area contributed by atoms with Crippen molar-refractivity contribution in [3.63, 3.8) is 0 Å². The van der Waals surface area contributed by atoms with Crippen molar-refractivity contribution in [2.75, 3.05) is 25.1 Å². The van der Waals surface area contributed by atoms with Crippen LogP contribution in [0.4, 0.5) is 15.0 Å². The molecule has 4 aromatic rings. The predicted octanol–water partition coefficient (Wildman–Crippen LogP) is 4.18. The van der Waals surface area contributed by atoms with E-state index in [9.17, 15) is 14.4 Å². The number of ether oxygens (including phenoxy) is 2. The fourth-order valence-electron chi connectivity index (χ4n) is 4.83. The summed E-state index contributed by atoms with van der Waals surface area (Å²) in [7, 11) is 1.22. The van der Waals surface area contributed by atoms with E-state index in [1.165, 1.54) is 58.1 Å². The highest BCUT2D eigenvalue weighted by molar-refractivity contribution is 6.09. The van der Waals surface area contributed by atoms with Gasteiger partial charge in [-0.3, -0.25) is 9.69 Å². The van der Waals surface area contributed by atoms with Crippen LogP contribution >= 0.6 is 0 Å². The van der Waals surface area contributed by atoms with E-state index in [1.54, 1.807) is 39.1 Å². The molecule has 1 atom stereocenters. The van der Waals surface area contributed by atoms with E-state index in [0.717, 1.165) is 0 Å². The zero-order chi connectivity index (χ0) is 30.0. The van der Waals surface area contributed by atoms with Gasteiger partial charge >= 0.3 is 12.1 Å². The molecule has 3 aromatic heterocycles. The lowest BCUT2D eigenvalue weighted by Crippen LogP contribution is -2.53. The average molecular weight is 576 g/mol. The molecule has 0 N–H and O–H groups in total. The minimum Gasteiger partial charge on any atom is -0.465 e. The van der Waals surface area contributed by atoms with E-state index < -0.39 is 35.4 Å². The van der Waals surface area contributed by atoms with Gasteiger partial charge in [-0.1, -0.05) is 5.21 Å². The number of benzene rings is 1. The van der Waals surface area contributed by atoms with Gasteiger partial charge in [0.1, 0.15) is 28.3 Å². The highest BCUT2D eigenvalue weighted by atomic mass is 19.1. The Labute approximate surface area is 241 Å². The summed E-state index contributed by atoms with van der Waals surface area (Å²) in [4.78, 5) is 51.1. The van der Waals surface area contributed by atoms with E-state index in [4.69, 9.17) is 9.47 Å². The third-order valence-electron chi connectivity index (χ3n) is 6.69. The molecule has 4 heterocycles. The largest absolute Gasteiger partial charge is 0.465 e. The molecule has 12 nitrogen and oxygen atoms in total. The monoisotopic (exact) mass is 575 g/mol. The lowest BCUT2D eigenvalue weighted by atomic mass is 10.0. The van der Waals surface area contributed by atoms with Gasteiger partial charge in [-0.25, -0.2) is 23.9 Å². The molecule has 1 saturated heterocycles. The van der Waals surface area contributed by atoms with Crippen molar-refractivity contribution in [3.8, 4) is 5.69 Å². The number of likely N-dealkylation sites (tertiary alicyclic amines) is 1. The highest BCUT2D eigenvalue weighted by Gasteiger charge is 2.37.